The number of nitrogens with one attached hydrogen (secondary N) is 1. The maximum atomic E-state index is 11.1. The first-order valence-electron chi connectivity index (χ1n) is 10.5. The minimum Gasteiger partial charge on any atom is -0.478 e. The molecule has 0 radical (unpaired) electrons. The monoisotopic (exact) mass is 452 g/mol. The fourth-order valence-corrected chi connectivity index (χ4v) is 3.44. The second-order valence-corrected chi connectivity index (χ2v) is 7.72. The maximum Gasteiger partial charge on any atom is 0.335 e. The summed E-state index contributed by atoms with van der Waals surface area (Å²) in [4.78, 5) is 24.0. The summed E-state index contributed by atoms with van der Waals surface area (Å²) in [5.41, 5.74) is 4.88. The summed E-state index contributed by atoms with van der Waals surface area (Å²) in [7, 11) is 0. The standard InChI is InChI=1S/C25H20N6O3/c1-15-11-18(6-10-22(15)34-20-9-3-16(2)26-12-20)29-24-23-21(27-14-28-24)13-31(30-23)19-7-4-17(5-8-19)25(32)33/h3-14H,1-2H3,(H,32,33)(H,27,28,29). The molecule has 0 spiro atoms. The third-order valence-electron chi connectivity index (χ3n) is 5.23. The smallest absolute Gasteiger partial charge is 0.335 e. The summed E-state index contributed by atoms with van der Waals surface area (Å²) in [6, 6.07) is 16.0. The van der Waals surface area contributed by atoms with Gasteiger partial charge in [-0.2, -0.15) is 5.10 Å². The van der Waals surface area contributed by atoms with Gasteiger partial charge in [0, 0.05) is 11.4 Å². The van der Waals surface area contributed by atoms with Crippen LogP contribution in [-0.4, -0.2) is 35.8 Å². The van der Waals surface area contributed by atoms with E-state index in [9.17, 15) is 4.79 Å². The van der Waals surface area contributed by atoms with Crippen LogP contribution in [0.4, 0.5) is 11.5 Å². The fourth-order valence-electron chi connectivity index (χ4n) is 3.44. The van der Waals surface area contributed by atoms with Crippen molar-refractivity contribution in [3.05, 3.63) is 90.1 Å². The largest absolute Gasteiger partial charge is 0.478 e. The van der Waals surface area contributed by atoms with Gasteiger partial charge in [-0.1, -0.05) is 0 Å². The van der Waals surface area contributed by atoms with Gasteiger partial charge in [0.15, 0.2) is 11.3 Å². The summed E-state index contributed by atoms with van der Waals surface area (Å²) in [5.74, 6) is 0.991. The van der Waals surface area contributed by atoms with Crippen molar-refractivity contribution in [2.24, 2.45) is 0 Å². The number of aromatic nitrogens is 5. The quantitative estimate of drug-likeness (QED) is 0.367. The normalized spacial score (nSPS) is 10.9. The molecule has 2 N–H and O–H groups in total. The third kappa shape index (κ3) is 4.26. The number of benzene rings is 2. The molecule has 2 aromatic carbocycles. The molecule has 5 aromatic rings. The average Bonchev–Trinajstić information content (AvgIpc) is 3.28. The molecule has 0 saturated carbocycles. The first-order chi connectivity index (χ1) is 16.5. The summed E-state index contributed by atoms with van der Waals surface area (Å²) in [6.45, 7) is 3.89. The highest BCUT2D eigenvalue weighted by Gasteiger charge is 2.12. The van der Waals surface area contributed by atoms with E-state index in [1.807, 2.05) is 44.2 Å². The van der Waals surface area contributed by atoms with E-state index in [0.29, 0.717) is 22.6 Å². The Morgan fingerprint density at radius 1 is 1.00 bits per heavy atom. The van der Waals surface area contributed by atoms with Gasteiger partial charge in [0.2, 0.25) is 0 Å². The molecule has 0 aliphatic rings. The lowest BCUT2D eigenvalue weighted by Gasteiger charge is -2.11. The number of aromatic carboxylic acids is 1. The molecule has 0 aliphatic carbocycles. The molecule has 0 fully saturated rings. The molecule has 9 heteroatoms. The molecular formula is C25H20N6O3. The number of rotatable bonds is 6. The van der Waals surface area contributed by atoms with Gasteiger partial charge in [0.25, 0.3) is 0 Å². The van der Waals surface area contributed by atoms with Crippen molar-refractivity contribution in [3.63, 3.8) is 0 Å². The van der Waals surface area contributed by atoms with Crippen LogP contribution >= 0.6 is 0 Å². The van der Waals surface area contributed by atoms with Gasteiger partial charge in [0.05, 0.1) is 23.6 Å². The van der Waals surface area contributed by atoms with E-state index in [2.05, 4.69) is 25.4 Å². The second-order valence-electron chi connectivity index (χ2n) is 7.72. The number of nitrogens with zero attached hydrogens (tertiary/aromatic N) is 5. The number of anilines is 2. The maximum absolute atomic E-state index is 11.1. The summed E-state index contributed by atoms with van der Waals surface area (Å²) in [6.07, 6.45) is 4.94. The molecular weight excluding hydrogens is 432 g/mol. The van der Waals surface area contributed by atoms with E-state index in [0.717, 1.165) is 28.4 Å². The van der Waals surface area contributed by atoms with E-state index >= 15 is 0 Å². The second kappa shape index (κ2) is 8.62. The highest BCUT2D eigenvalue weighted by Crippen LogP contribution is 2.29. The van der Waals surface area contributed by atoms with Gasteiger partial charge in [0.1, 0.15) is 23.3 Å². The van der Waals surface area contributed by atoms with Crippen LogP contribution in [-0.2, 0) is 0 Å². The van der Waals surface area contributed by atoms with Crippen LogP contribution in [0.15, 0.2) is 73.3 Å². The predicted molar refractivity (Wildman–Crippen MR) is 127 cm³/mol. The van der Waals surface area contributed by atoms with Crippen LogP contribution in [0.5, 0.6) is 11.5 Å². The Labute approximate surface area is 194 Å². The van der Waals surface area contributed by atoms with Crippen molar-refractivity contribution >= 4 is 28.5 Å². The van der Waals surface area contributed by atoms with Gasteiger partial charge in [-0.25, -0.2) is 19.4 Å². The first kappa shape index (κ1) is 21.1. The van der Waals surface area contributed by atoms with Crippen molar-refractivity contribution in [1.29, 1.82) is 0 Å². The molecule has 0 aliphatic heterocycles. The number of aryl methyl sites for hydroxylation is 2. The number of hydrogen-bond donors (Lipinski definition) is 2. The zero-order valence-corrected chi connectivity index (χ0v) is 18.4. The summed E-state index contributed by atoms with van der Waals surface area (Å²) < 4.78 is 7.59. The van der Waals surface area contributed by atoms with Gasteiger partial charge in [-0.15, -0.1) is 0 Å². The molecule has 0 atom stereocenters. The van der Waals surface area contributed by atoms with Crippen molar-refractivity contribution in [1.82, 2.24) is 24.7 Å². The number of carbonyl (C=O) groups is 1. The summed E-state index contributed by atoms with van der Waals surface area (Å²) >= 11 is 0. The highest BCUT2D eigenvalue weighted by atomic mass is 16.5. The molecule has 168 valence electrons. The molecule has 34 heavy (non-hydrogen) atoms. The number of ether oxygens (including phenoxy) is 1. The van der Waals surface area contributed by atoms with E-state index < -0.39 is 5.97 Å². The molecule has 3 aromatic heterocycles. The Hall–Kier alpha value is -4.79. The minimum absolute atomic E-state index is 0.212. The van der Waals surface area contributed by atoms with Crippen LogP contribution in [0.2, 0.25) is 0 Å². The lowest BCUT2D eigenvalue weighted by Crippen LogP contribution is -1.99. The van der Waals surface area contributed by atoms with Crippen LogP contribution in [0.1, 0.15) is 21.6 Å². The number of pyridine rings is 1. The molecule has 3 heterocycles. The first-order valence-corrected chi connectivity index (χ1v) is 10.5. The average molecular weight is 452 g/mol. The van der Waals surface area contributed by atoms with Crippen molar-refractivity contribution in [3.8, 4) is 17.2 Å². The van der Waals surface area contributed by atoms with Gasteiger partial charge >= 0.3 is 5.97 Å². The van der Waals surface area contributed by atoms with E-state index in [-0.39, 0.29) is 5.56 Å². The Bertz CT molecular complexity index is 1490. The molecule has 0 amide bonds. The van der Waals surface area contributed by atoms with Crippen molar-refractivity contribution < 1.29 is 14.6 Å². The number of hydrogen-bond acceptors (Lipinski definition) is 7. The number of carboxylic acid groups (broad SMARTS) is 1. The van der Waals surface area contributed by atoms with E-state index in [4.69, 9.17) is 9.84 Å². The molecule has 5 rings (SSSR count). The Morgan fingerprint density at radius 2 is 1.82 bits per heavy atom. The highest BCUT2D eigenvalue weighted by molar-refractivity contribution is 5.88. The van der Waals surface area contributed by atoms with Crippen LogP contribution in [0.3, 0.4) is 0 Å². The number of carboxylic acids is 1. The van der Waals surface area contributed by atoms with Crippen molar-refractivity contribution in [2.45, 2.75) is 13.8 Å². The van der Waals surface area contributed by atoms with Crippen molar-refractivity contribution in [2.75, 3.05) is 5.32 Å². The summed E-state index contributed by atoms with van der Waals surface area (Å²) in [5, 5.41) is 17.0. The SMILES string of the molecule is Cc1ccc(Oc2ccc(Nc3ncnc4cn(-c5ccc(C(=O)O)cc5)nc34)cc2C)cn1. The molecule has 9 nitrogen and oxygen atoms in total. The Balaban J connectivity index is 1.39. The van der Waals surface area contributed by atoms with Crippen LogP contribution in [0, 0.1) is 13.8 Å². The zero-order valence-electron chi connectivity index (χ0n) is 18.4. The van der Waals surface area contributed by atoms with Gasteiger partial charge < -0.3 is 15.2 Å². The van der Waals surface area contributed by atoms with Gasteiger partial charge in [-0.05, 0) is 74.0 Å². The minimum atomic E-state index is -0.975. The molecule has 0 unspecified atom stereocenters. The lowest BCUT2D eigenvalue weighted by molar-refractivity contribution is 0.0697. The Morgan fingerprint density at radius 3 is 2.53 bits per heavy atom. The molecule has 0 bridgehead atoms. The topological polar surface area (TPSA) is 115 Å². The zero-order chi connectivity index (χ0) is 23.7. The molecule has 0 saturated heterocycles. The number of fused-ring (bicyclic) bond motifs is 1. The third-order valence-corrected chi connectivity index (χ3v) is 5.23. The Kier molecular flexibility index (Phi) is 5.35. The fraction of sp³-hybridized carbons (Fsp3) is 0.0800. The van der Waals surface area contributed by atoms with Gasteiger partial charge in [-0.3, -0.25) is 4.98 Å². The van der Waals surface area contributed by atoms with E-state index in [1.54, 1.807) is 29.2 Å². The van der Waals surface area contributed by atoms with E-state index in [1.165, 1.54) is 18.5 Å². The predicted octanol–water partition coefficient (Wildman–Crippen LogP) is 5.06. The van der Waals surface area contributed by atoms with Crippen LogP contribution < -0.4 is 10.1 Å². The van der Waals surface area contributed by atoms with Crippen LogP contribution in [0.25, 0.3) is 16.7 Å². The lowest BCUT2D eigenvalue weighted by atomic mass is 10.2.